The molecule has 5 aliphatic heterocycles. The van der Waals surface area contributed by atoms with E-state index in [4.69, 9.17) is 47.4 Å². The molecule has 0 aromatic rings. The highest BCUT2D eigenvalue weighted by Crippen LogP contribution is 2.37. The number of carbonyl (C=O) groups excluding carboxylic acids is 2. The number of hydrogen-bond acceptors (Lipinski definition) is 20. The minimum absolute atomic E-state index is 0.0293. The molecule has 564 valence electrons. The van der Waals surface area contributed by atoms with Crippen LogP contribution in [0.1, 0.15) is 199 Å². The Bertz CT molecular complexity index is 2320. The number of aliphatic hydroxyl groups excluding tert-OH is 8. The summed E-state index contributed by atoms with van der Waals surface area (Å²) in [5.74, 6) is -5.50. The summed E-state index contributed by atoms with van der Waals surface area (Å²) in [5, 5.41) is 94.4. The zero-order chi connectivity index (χ0) is 72.5. The summed E-state index contributed by atoms with van der Waals surface area (Å²) in [6, 6.07) is 0. The van der Waals surface area contributed by atoms with Crippen molar-refractivity contribution in [2.75, 3.05) is 28.4 Å². The number of cyclic esters (lactones) is 2. The van der Waals surface area contributed by atoms with Crippen molar-refractivity contribution in [1.29, 1.82) is 0 Å². The third kappa shape index (κ3) is 28.1. The molecular formula is C78H132O20. The highest BCUT2D eigenvalue weighted by Gasteiger charge is 2.42. The van der Waals surface area contributed by atoms with Crippen LogP contribution >= 0.6 is 0 Å². The third-order valence-electron chi connectivity index (χ3n) is 22.3. The van der Waals surface area contributed by atoms with Crippen molar-refractivity contribution in [3.05, 3.63) is 71.9 Å². The number of esters is 2. The van der Waals surface area contributed by atoms with E-state index in [9.17, 15) is 50.4 Å². The molecule has 20 nitrogen and oxygen atoms in total. The van der Waals surface area contributed by atoms with E-state index in [1.807, 2.05) is 106 Å². The van der Waals surface area contributed by atoms with Gasteiger partial charge in [0, 0.05) is 102 Å². The Morgan fingerprint density at radius 3 is 1.15 bits per heavy atom. The number of allylic oxidation sites excluding steroid dienone is 4. The molecule has 2 saturated heterocycles. The van der Waals surface area contributed by atoms with E-state index < -0.39 is 133 Å². The average Bonchev–Trinajstić information content (AvgIpc) is 0.853. The van der Waals surface area contributed by atoms with Crippen LogP contribution < -0.4 is 0 Å². The number of rotatable bonds is 16. The first-order valence-corrected chi connectivity index (χ1v) is 37.1. The van der Waals surface area contributed by atoms with Crippen molar-refractivity contribution in [3.63, 3.8) is 0 Å². The normalized spacial score (nSPS) is 41.1. The van der Waals surface area contributed by atoms with Crippen molar-refractivity contribution in [3.8, 4) is 0 Å². The SMILES string of the molecule is CO[C@H]1C[C@H](CC[C@H](C)[C@H](O)[C@H](C)[C@H]2OC(=O)/C=C/C(C)=C/C[C@@H](O)C[C@@H]3C=CC[C@@H](C[C@H](OC)[C@@H](C)[C@@H](O)C[C@@H](O)[C@H](C)[C@@H]([C@@H](C)[C@@H](O)[C@@H](C)CC[C@H]4C[C@H](OC)C[C@H](C)O4)OC(=O)/C=C/C(C)=C/C[C@@H](O)C[C@H]4C=CC[C@@H](C[C@H](OC)[C@@H](C)[C@@H](O)C[C@@H](O)[C@@H]2C)O4)O3)O[C@@H](C)C1. The smallest absolute Gasteiger partial charge is 0.331 e. The van der Waals surface area contributed by atoms with Crippen molar-refractivity contribution >= 4 is 11.9 Å². The van der Waals surface area contributed by atoms with Crippen molar-refractivity contribution in [1.82, 2.24) is 0 Å². The lowest BCUT2D eigenvalue weighted by Gasteiger charge is -2.38. The monoisotopic (exact) mass is 1390 g/mol. The van der Waals surface area contributed by atoms with Gasteiger partial charge < -0.3 is 88.2 Å². The van der Waals surface area contributed by atoms with Crippen LogP contribution in [0.4, 0.5) is 0 Å². The minimum atomic E-state index is -1.16. The predicted octanol–water partition coefficient (Wildman–Crippen LogP) is 10.1. The molecule has 30 atom stereocenters. The first kappa shape index (κ1) is 85.4. The Balaban J connectivity index is 1.36. The maximum Gasteiger partial charge on any atom is 0.331 e. The summed E-state index contributed by atoms with van der Waals surface area (Å²) in [6.07, 6.45) is 14.1. The maximum absolute atomic E-state index is 13.9. The standard InChI is InChI=1S/C78H132O20/c1-45-23-29-57(79)37-59-19-17-21-61(95-59)41-71(91-15)52(8)68(82)44-70(84)54(10)78(56(12)76(88)48(4)28-32-64-40-66(90-14)36-50(6)94-64)98-74(86)34-26-46(2)24-30-58(80)38-60-20-18-22-62(96-60)42-72(92-16)51(7)67(81)43-69(83)53(9)77(97-73(85)33-25-45)55(11)75(87)47(3)27-31-63-39-65(89-13)35-49(5)93-63/h17-20,23-26,33-34,47-72,75-84,87-88H,21-22,27-32,35-44H2,1-16H3/b33-25+,34-26+,45-23+,46-24+/t47-,48-,49-,50-,51-,52-,53-,54-,55-,56-,57+,58+,59-,60+,61-,62-,63-,64-,65+,66+,67-,68-,69+,70+,71-,72-,75-,76-,77-,78-/m0/s1. The number of ether oxygens (including phenoxy) is 10. The lowest BCUT2D eigenvalue weighted by molar-refractivity contribution is -0.158. The van der Waals surface area contributed by atoms with Crippen LogP contribution in [-0.2, 0) is 57.0 Å². The van der Waals surface area contributed by atoms with Gasteiger partial charge in [-0.25, -0.2) is 9.59 Å². The largest absolute Gasteiger partial charge is 0.458 e. The van der Waals surface area contributed by atoms with E-state index in [2.05, 4.69) is 0 Å². The lowest BCUT2D eigenvalue weighted by Crippen LogP contribution is -2.45. The molecule has 0 radical (unpaired) electrons. The van der Waals surface area contributed by atoms with E-state index in [0.717, 1.165) is 25.7 Å². The number of methoxy groups -OCH3 is 4. The van der Waals surface area contributed by atoms with Gasteiger partial charge in [-0.15, -0.1) is 0 Å². The third-order valence-corrected chi connectivity index (χ3v) is 22.3. The number of hydrogen-bond donors (Lipinski definition) is 8. The van der Waals surface area contributed by atoms with Crippen molar-refractivity contribution < 1.29 is 97.8 Å². The van der Waals surface area contributed by atoms with Crippen LogP contribution in [-0.4, -0.2) is 216 Å². The summed E-state index contributed by atoms with van der Waals surface area (Å²) >= 11 is 0. The summed E-state index contributed by atoms with van der Waals surface area (Å²) < 4.78 is 61.3. The molecule has 0 aromatic carbocycles. The summed E-state index contributed by atoms with van der Waals surface area (Å²) in [4.78, 5) is 27.8. The lowest BCUT2D eigenvalue weighted by atomic mass is 9.78. The Morgan fingerprint density at radius 1 is 0.449 bits per heavy atom. The van der Waals surface area contributed by atoms with Gasteiger partial charge in [-0.05, 0) is 129 Å². The van der Waals surface area contributed by atoms with Crippen LogP contribution in [0, 0.1) is 47.3 Å². The zero-order valence-electron chi connectivity index (χ0n) is 62.3. The van der Waals surface area contributed by atoms with Crippen LogP contribution in [0.3, 0.4) is 0 Å². The van der Waals surface area contributed by atoms with Gasteiger partial charge in [-0.1, -0.05) is 115 Å². The molecular weight excluding hydrogens is 1260 g/mol. The van der Waals surface area contributed by atoms with E-state index in [0.29, 0.717) is 62.5 Å². The quantitative estimate of drug-likeness (QED) is 0.0527. The number of aliphatic hydroxyl groups is 8. The number of carbonyl (C=O) groups is 2. The topological polar surface area (TPSA) is 288 Å². The highest BCUT2D eigenvalue weighted by molar-refractivity contribution is 5.83. The van der Waals surface area contributed by atoms with Crippen molar-refractivity contribution in [2.45, 2.75) is 333 Å². The molecule has 2 fully saturated rings. The second kappa shape index (κ2) is 43.1. The van der Waals surface area contributed by atoms with Crippen LogP contribution in [0.2, 0.25) is 0 Å². The zero-order valence-corrected chi connectivity index (χ0v) is 62.3. The molecule has 5 aliphatic rings. The molecule has 0 aromatic heterocycles. The van der Waals surface area contributed by atoms with E-state index in [1.165, 1.54) is 12.2 Å². The molecule has 0 aliphatic carbocycles. The number of fused-ring (bicyclic) bond motifs is 4. The molecule has 5 heterocycles. The van der Waals surface area contributed by atoms with Gasteiger partial charge in [-0.2, -0.15) is 0 Å². The molecule has 0 unspecified atom stereocenters. The van der Waals surface area contributed by atoms with Crippen LogP contribution in [0.25, 0.3) is 0 Å². The molecule has 20 heteroatoms. The van der Waals surface area contributed by atoms with Gasteiger partial charge in [0.1, 0.15) is 12.2 Å². The first-order valence-electron chi connectivity index (χ1n) is 37.1. The Labute approximate surface area is 587 Å². The molecule has 5 rings (SSSR count). The van der Waals surface area contributed by atoms with E-state index in [1.54, 1.807) is 54.4 Å². The molecule has 98 heavy (non-hydrogen) atoms. The van der Waals surface area contributed by atoms with Gasteiger partial charge in [-0.3, -0.25) is 0 Å². The predicted molar refractivity (Wildman–Crippen MR) is 377 cm³/mol. The van der Waals surface area contributed by atoms with Crippen LogP contribution in [0.5, 0.6) is 0 Å². The van der Waals surface area contributed by atoms with Gasteiger partial charge in [0.25, 0.3) is 0 Å². The molecule has 8 N–H and O–H groups in total. The fourth-order valence-electron chi connectivity index (χ4n) is 15.3. The molecule has 4 bridgehead atoms. The second-order valence-electron chi connectivity index (χ2n) is 30.3. The fourth-order valence-corrected chi connectivity index (χ4v) is 15.3. The first-order chi connectivity index (χ1) is 46.4. The van der Waals surface area contributed by atoms with E-state index >= 15 is 0 Å². The minimum Gasteiger partial charge on any atom is -0.458 e. The van der Waals surface area contributed by atoms with Gasteiger partial charge in [0.15, 0.2) is 0 Å². The summed E-state index contributed by atoms with van der Waals surface area (Å²) in [6.45, 7) is 22.5. The highest BCUT2D eigenvalue weighted by atomic mass is 16.6. The van der Waals surface area contributed by atoms with Crippen molar-refractivity contribution in [2.24, 2.45) is 47.3 Å². The summed E-state index contributed by atoms with van der Waals surface area (Å²) in [7, 11) is 6.58. The Morgan fingerprint density at radius 2 is 0.806 bits per heavy atom. The average molecular weight is 1390 g/mol. The van der Waals surface area contributed by atoms with Gasteiger partial charge in [0.05, 0.1) is 122 Å². The molecule has 0 spiro atoms. The Kier molecular flexibility index (Phi) is 37.6. The second-order valence-corrected chi connectivity index (χ2v) is 30.3. The maximum atomic E-state index is 13.9. The van der Waals surface area contributed by atoms with Gasteiger partial charge in [0.2, 0.25) is 0 Å². The van der Waals surface area contributed by atoms with Crippen LogP contribution in [0.15, 0.2) is 71.9 Å². The fraction of sp³-hybridized carbons (Fsp3) is 0.821. The summed E-state index contributed by atoms with van der Waals surface area (Å²) in [5.41, 5.74) is 1.39. The molecule has 0 saturated carbocycles. The molecule has 0 amide bonds. The Hall–Kier alpha value is -3.26. The van der Waals surface area contributed by atoms with Gasteiger partial charge >= 0.3 is 11.9 Å². The van der Waals surface area contributed by atoms with E-state index in [-0.39, 0.29) is 99.2 Å².